The van der Waals surface area contributed by atoms with Crippen LogP contribution >= 0.6 is 0 Å². The molecule has 2 aromatic carbocycles. The summed E-state index contributed by atoms with van der Waals surface area (Å²) < 4.78 is 3.77. The van der Waals surface area contributed by atoms with Crippen LogP contribution in [0.5, 0.6) is 0 Å². The van der Waals surface area contributed by atoms with Crippen LogP contribution < -0.4 is 10.9 Å². The van der Waals surface area contributed by atoms with E-state index in [0.717, 1.165) is 48.4 Å². The molecule has 5 heteroatoms. The van der Waals surface area contributed by atoms with Gasteiger partial charge < -0.3 is 14.5 Å². The number of hydrogen-bond acceptors (Lipinski definition) is 2. The molecule has 0 saturated heterocycles. The topological polar surface area (TPSA) is 56.0 Å². The number of amides is 1. The summed E-state index contributed by atoms with van der Waals surface area (Å²) in [5.41, 5.74) is 4.60. The van der Waals surface area contributed by atoms with Gasteiger partial charge in [0.05, 0.1) is 5.56 Å². The molecule has 1 amide bonds. The Kier molecular flexibility index (Phi) is 5.33. The van der Waals surface area contributed by atoms with Crippen LogP contribution in [0.1, 0.15) is 53.2 Å². The zero-order valence-corrected chi connectivity index (χ0v) is 18.7. The number of fused-ring (bicyclic) bond motifs is 3. The van der Waals surface area contributed by atoms with Gasteiger partial charge >= 0.3 is 0 Å². The quantitative estimate of drug-likeness (QED) is 0.493. The second-order valence-electron chi connectivity index (χ2n) is 8.99. The molecule has 0 spiro atoms. The van der Waals surface area contributed by atoms with Crippen LogP contribution in [0.2, 0.25) is 0 Å². The number of benzene rings is 2. The van der Waals surface area contributed by atoms with Crippen LogP contribution in [0.3, 0.4) is 0 Å². The maximum atomic E-state index is 13.5. The summed E-state index contributed by atoms with van der Waals surface area (Å²) >= 11 is 0. The standard InChI is InChI=1S/C27H29N3O2/c1-18-8-7-9-19(16-18)14-15-28-26(31)22-17-30(20-10-3-4-11-20)27(32)25-24(22)21-12-5-6-13-23(21)29(25)2/h5-9,12-13,16-17,20H,3-4,10-11,14-15H2,1-2H3,(H,28,31). The number of para-hydroxylation sites is 1. The molecule has 1 aliphatic carbocycles. The second-order valence-corrected chi connectivity index (χ2v) is 8.99. The molecule has 2 heterocycles. The zero-order chi connectivity index (χ0) is 22.2. The SMILES string of the molecule is Cc1cccc(CCNC(=O)c2cn(C3CCCC3)c(=O)c3c2c2ccccc2n3C)c1. The van der Waals surface area contributed by atoms with E-state index in [1.54, 1.807) is 0 Å². The Balaban J connectivity index is 1.57. The van der Waals surface area contributed by atoms with Gasteiger partial charge in [0.25, 0.3) is 11.5 Å². The highest BCUT2D eigenvalue weighted by atomic mass is 16.2. The van der Waals surface area contributed by atoms with Crippen molar-refractivity contribution in [1.82, 2.24) is 14.5 Å². The van der Waals surface area contributed by atoms with Crippen molar-refractivity contribution in [3.8, 4) is 0 Å². The molecule has 5 nitrogen and oxygen atoms in total. The fourth-order valence-electron chi connectivity index (χ4n) is 5.21. The number of aromatic nitrogens is 2. The molecule has 1 N–H and O–H groups in total. The largest absolute Gasteiger partial charge is 0.352 e. The normalized spacial score (nSPS) is 14.4. The molecule has 4 aromatic rings. The first kappa shape index (κ1) is 20.6. The first-order valence-electron chi connectivity index (χ1n) is 11.5. The van der Waals surface area contributed by atoms with E-state index in [2.05, 4.69) is 30.4 Å². The molecule has 2 aromatic heterocycles. The van der Waals surface area contributed by atoms with E-state index in [4.69, 9.17) is 0 Å². The third-order valence-corrected chi connectivity index (χ3v) is 6.83. The van der Waals surface area contributed by atoms with E-state index in [1.807, 2.05) is 52.7 Å². The second kappa shape index (κ2) is 8.30. The minimum absolute atomic E-state index is 0.00177. The molecule has 0 bridgehead atoms. The molecule has 0 radical (unpaired) electrons. The molecule has 0 atom stereocenters. The maximum absolute atomic E-state index is 13.5. The minimum atomic E-state index is -0.120. The number of hydrogen-bond donors (Lipinski definition) is 1. The van der Waals surface area contributed by atoms with Crippen LogP contribution in [0.4, 0.5) is 0 Å². The average Bonchev–Trinajstić information content (AvgIpc) is 3.42. The summed E-state index contributed by atoms with van der Waals surface area (Å²) in [5, 5.41) is 4.81. The van der Waals surface area contributed by atoms with Crippen molar-refractivity contribution in [1.29, 1.82) is 0 Å². The van der Waals surface area contributed by atoms with Gasteiger partial charge in [-0.25, -0.2) is 0 Å². The zero-order valence-electron chi connectivity index (χ0n) is 18.7. The van der Waals surface area contributed by atoms with Gasteiger partial charge in [0.15, 0.2) is 0 Å². The van der Waals surface area contributed by atoms with Crippen LogP contribution in [-0.2, 0) is 13.5 Å². The fraction of sp³-hybridized carbons (Fsp3) is 0.333. The van der Waals surface area contributed by atoms with Gasteiger partial charge in [-0.15, -0.1) is 0 Å². The van der Waals surface area contributed by atoms with Crippen LogP contribution in [-0.4, -0.2) is 21.6 Å². The number of rotatable bonds is 5. The van der Waals surface area contributed by atoms with Crippen molar-refractivity contribution in [2.24, 2.45) is 7.05 Å². The summed E-state index contributed by atoms with van der Waals surface area (Å²) in [6, 6.07) is 16.5. The van der Waals surface area contributed by atoms with Gasteiger partial charge in [0.1, 0.15) is 5.52 Å². The monoisotopic (exact) mass is 427 g/mol. The molecule has 0 aliphatic heterocycles. The van der Waals surface area contributed by atoms with E-state index < -0.39 is 0 Å². The Bertz CT molecular complexity index is 1370. The van der Waals surface area contributed by atoms with Crippen molar-refractivity contribution in [3.05, 3.63) is 81.8 Å². The third kappa shape index (κ3) is 3.52. The van der Waals surface area contributed by atoms with Gasteiger partial charge in [0.2, 0.25) is 0 Å². The first-order chi connectivity index (χ1) is 15.5. The number of carbonyl (C=O) groups excluding carboxylic acids is 1. The van der Waals surface area contributed by atoms with Crippen molar-refractivity contribution in [2.45, 2.75) is 45.1 Å². The molecule has 32 heavy (non-hydrogen) atoms. The Hall–Kier alpha value is -3.34. The third-order valence-electron chi connectivity index (χ3n) is 6.83. The molecule has 1 fully saturated rings. The fourth-order valence-corrected chi connectivity index (χ4v) is 5.21. The van der Waals surface area contributed by atoms with E-state index in [1.165, 1.54) is 11.1 Å². The van der Waals surface area contributed by atoms with E-state index >= 15 is 0 Å². The summed E-state index contributed by atoms with van der Waals surface area (Å²) in [7, 11) is 1.92. The van der Waals surface area contributed by atoms with Crippen LogP contribution in [0, 0.1) is 6.92 Å². The molecule has 164 valence electrons. The Morgan fingerprint density at radius 1 is 1.09 bits per heavy atom. The first-order valence-corrected chi connectivity index (χ1v) is 11.5. The summed E-state index contributed by atoms with van der Waals surface area (Å²) in [5.74, 6) is -0.120. The van der Waals surface area contributed by atoms with Crippen molar-refractivity contribution in [3.63, 3.8) is 0 Å². The predicted octanol–water partition coefficient (Wildman–Crippen LogP) is 4.89. The molecule has 1 aliphatic rings. The molecule has 5 rings (SSSR count). The smallest absolute Gasteiger partial charge is 0.275 e. The highest BCUT2D eigenvalue weighted by Crippen LogP contribution is 2.33. The number of carbonyl (C=O) groups is 1. The van der Waals surface area contributed by atoms with Crippen LogP contribution in [0.15, 0.2) is 59.5 Å². The van der Waals surface area contributed by atoms with Gasteiger partial charge in [-0.2, -0.15) is 0 Å². The lowest BCUT2D eigenvalue weighted by molar-refractivity contribution is 0.0955. The summed E-state index contributed by atoms with van der Waals surface area (Å²) in [6.07, 6.45) is 6.82. The van der Waals surface area contributed by atoms with E-state index in [9.17, 15) is 9.59 Å². The maximum Gasteiger partial charge on any atom is 0.275 e. The van der Waals surface area contributed by atoms with Gasteiger partial charge in [-0.1, -0.05) is 60.9 Å². The Morgan fingerprint density at radius 3 is 2.66 bits per heavy atom. The van der Waals surface area contributed by atoms with Gasteiger partial charge in [0, 0.05) is 42.1 Å². The molecular formula is C27H29N3O2. The summed E-state index contributed by atoms with van der Waals surface area (Å²) in [6.45, 7) is 2.63. The van der Waals surface area contributed by atoms with E-state index in [-0.39, 0.29) is 17.5 Å². The van der Waals surface area contributed by atoms with Crippen molar-refractivity contribution >= 4 is 27.7 Å². The predicted molar refractivity (Wildman–Crippen MR) is 129 cm³/mol. The Labute approximate surface area is 187 Å². The highest BCUT2D eigenvalue weighted by Gasteiger charge is 2.25. The Morgan fingerprint density at radius 2 is 1.88 bits per heavy atom. The van der Waals surface area contributed by atoms with Crippen molar-refractivity contribution in [2.75, 3.05) is 6.54 Å². The van der Waals surface area contributed by atoms with Crippen molar-refractivity contribution < 1.29 is 4.79 Å². The van der Waals surface area contributed by atoms with E-state index in [0.29, 0.717) is 17.6 Å². The van der Waals surface area contributed by atoms with Gasteiger partial charge in [-0.05, 0) is 37.8 Å². The highest BCUT2D eigenvalue weighted by molar-refractivity contribution is 6.17. The lowest BCUT2D eigenvalue weighted by Gasteiger charge is -2.16. The lowest BCUT2D eigenvalue weighted by Crippen LogP contribution is -2.30. The number of nitrogens with one attached hydrogen (secondary N) is 1. The molecule has 1 saturated carbocycles. The number of pyridine rings is 1. The van der Waals surface area contributed by atoms with Crippen LogP contribution in [0.25, 0.3) is 21.8 Å². The minimum Gasteiger partial charge on any atom is -0.352 e. The lowest BCUT2D eigenvalue weighted by atomic mass is 10.1. The van der Waals surface area contributed by atoms with Gasteiger partial charge in [-0.3, -0.25) is 9.59 Å². The molecular weight excluding hydrogens is 398 g/mol. The number of aryl methyl sites for hydroxylation is 2. The summed E-state index contributed by atoms with van der Waals surface area (Å²) in [4.78, 5) is 26.9. The average molecular weight is 428 g/mol. The molecule has 0 unspecified atom stereocenters. The number of nitrogens with zero attached hydrogens (tertiary/aromatic N) is 2.